The van der Waals surface area contributed by atoms with Crippen molar-refractivity contribution in [2.75, 3.05) is 22.9 Å². The molecule has 0 amide bonds. The van der Waals surface area contributed by atoms with E-state index >= 15 is 0 Å². The highest BCUT2D eigenvalue weighted by atomic mass is 19.4. The molecule has 0 unspecified atom stereocenters. The van der Waals surface area contributed by atoms with E-state index in [1.807, 2.05) is 0 Å². The summed E-state index contributed by atoms with van der Waals surface area (Å²) in [6.07, 6.45) is 2.91. The minimum absolute atomic E-state index is 0.0816. The lowest BCUT2D eigenvalue weighted by Gasteiger charge is -2.22. The summed E-state index contributed by atoms with van der Waals surface area (Å²) in [5, 5.41) is 6.20. The molecule has 152 valence electrons. The van der Waals surface area contributed by atoms with Crippen LogP contribution in [0.4, 0.5) is 30.6 Å². The molecule has 2 aromatic rings. The Morgan fingerprint density at radius 1 is 1.11 bits per heavy atom. The third kappa shape index (κ3) is 5.90. The van der Waals surface area contributed by atoms with Crippen LogP contribution in [0.5, 0.6) is 5.75 Å². The number of rotatable bonds is 7. The molecule has 0 bridgehead atoms. The van der Waals surface area contributed by atoms with E-state index in [-0.39, 0.29) is 18.2 Å². The summed E-state index contributed by atoms with van der Waals surface area (Å²) in [6, 6.07) is 5.94. The number of hydrogen-bond donors (Lipinski definition) is 3. The Morgan fingerprint density at radius 2 is 1.86 bits per heavy atom. The highest BCUT2D eigenvalue weighted by molar-refractivity contribution is 5.61. The topological polar surface area (TPSA) is 85.1 Å². The van der Waals surface area contributed by atoms with Crippen molar-refractivity contribution in [3.05, 3.63) is 36.0 Å². The van der Waals surface area contributed by atoms with Crippen LogP contribution in [0.3, 0.4) is 0 Å². The Bertz CT molecular complexity index is 778. The second kappa shape index (κ2) is 8.99. The Kier molecular flexibility index (Phi) is 6.43. The molecule has 3 rings (SSSR count). The summed E-state index contributed by atoms with van der Waals surface area (Å²) in [4.78, 5) is 8.46. The van der Waals surface area contributed by atoms with Crippen LogP contribution in [0.15, 0.2) is 30.5 Å². The van der Waals surface area contributed by atoms with Crippen molar-refractivity contribution < 1.29 is 17.9 Å². The van der Waals surface area contributed by atoms with Crippen molar-refractivity contribution in [2.45, 2.75) is 45.0 Å². The molecule has 1 aliphatic rings. The van der Waals surface area contributed by atoms with Crippen LogP contribution in [-0.4, -0.2) is 22.9 Å². The second-order valence-electron chi connectivity index (χ2n) is 6.89. The van der Waals surface area contributed by atoms with Crippen molar-refractivity contribution in [1.82, 2.24) is 9.97 Å². The number of ether oxygens (including phenoxy) is 1. The van der Waals surface area contributed by atoms with Gasteiger partial charge in [0.2, 0.25) is 5.95 Å². The van der Waals surface area contributed by atoms with Crippen LogP contribution in [-0.2, 0) is 6.54 Å². The molecule has 4 N–H and O–H groups in total. The Morgan fingerprint density at radius 3 is 2.61 bits per heavy atom. The maximum absolute atomic E-state index is 12.5. The number of hydrogen-bond acceptors (Lipinski definition) is 6. The van der Waals surface area contributed by atoms with Gasteiger partial charge in [0.05, 0.1) is 11.9 Å². The van der Waals surface area contributed by atoms with E-state index in [1.54, 1.807) is 12.1 Å². The standard InChI is InChI=1S/C19H24F3N5O/c20-19(21,22)28-16-9-5-4-8-14(16)11-25-18-26-12-15(23)17(27-18)24-10-13-6-2-1-3-7-13/h4-5,8-9,12-13H,1-3,6-7,10-11,23H2,(H2,24,25,26,27). The Balaban J connectivity index is 1.62. The van der Waals surface area contributed by atoms with Gasteiger partial charge in [0.15, 0.2) is 5.82 Å². The largest absolute Gasteiger partial charge is 0.573 e. The molecular weight excluding hydrogens is 371 g/mol. The zero-order chi connectivity index (χ0) is 20.0. The van der Waals surface area contributed by atoms with Gasteiger partial charge in [-0.25, -0.2) is 4.98 Å². The number of alkyl halides is 3. The van der Waals surface area contributed by atoms with Crippen molar-refractivity contribution in [3.63, 3.8) is 0 Å². The average molecular weight is 395 g/mol. The van der Waals surface area contributed by atoms with Gasteiger partial charge in [-0.1, -0.05) is 37.5 Å². The number of anilines is 3. The van der Waals surface area contributed by atoms with Gasteiger partial charge >= 0.3 is 6.36 Å². The fourth-order valence-corrected chi connectivity index (χ4v) is 3.30. The predicted molar refractivity (Wildman–Crippen MR) is 102 cm³/mol. The molecule has 0 saturated heterocycles. The maximum Gasteiger partial charge on any atom is 0.573 e. The van der Waals surface area contributed by atoms with E-state index in [0.29, 0.717) is 23.0 Å². The van der Waals surface area contributed by atoms with Crippen molar-refractivity contribution in [3.8, 4) is 5.75 Å². The van der Waals surface area contributed by atoms with Gasteiger partial charge in [0.1, 0.15) is 5.75 Å². The molecule has 1 aliphatic carbocycles. The molecule has 1 saturated carbocycles. The minimum Gasteiger partial charge on any atom is -0.405 e. The third-order valence-corrected chi connectivity index (χ3v) is 4.74. The number of halogens is 3. The van der Waals surface area contributed by atoms with Crippen molar-refractivity contribution >= 4 is 17.5 Å². The molecule has 0 radical (unpaired) electrons. The minimum atomic E-state index is -4.75. The third-order valence-electron chi connectivity index (χ3n) is 4.74. The van der Waals surface area contributed by atoms with E-state index in [9.17, 15) is 13.2 Å². The molecule has 1 fully saturated rings. The predicted octanol–water partition coefficient (Wildman–Crippen LogP) is 4.56. The summed E-state index contributed by atoms with van der Waals surface area (Å²) >= 11 is 0. The van der Waals surface area contributed by atoms with Crippen LogP contribution < -0.4 is 21.1 Å². The monoisotopic (exact) mass is 395 g/mol. The van der Waals surface area contributed by atoms with Crippen molar-refractivity contribution in [1.29, 1.82) is 0 Å². The molecule has 0 spiro atoms. The first-order valence-electron chi connectivity index (χ1n) is 9.34. The zero-order valence-electron chi connectivity index (χ0n) is 15.4. The lowest BCUT2D eigenvalue weighted by atomic mass is 9.89. The van der Waals surface area contributed by atoms with Crippen LogP contribution in [0, 0.1) is 5.92 Å². The summed E-state index contributed by atoms with van der Waals surface area (Å²) in [6.45, 7) is 0.876. The molecule has 0 atom stereocenters. The van der Waals surface area contributed by atoms with Gasteiger partial charge < -0.3 is 21.1 Å². The number of nitrogens with two attached hydrogens (primary N) is 1. The normalized spacial score (nSPS) is 15.2. The van der Waals surface area contributed by atoms with E-state index in [2.05, 4.69) is 25.3 Å². The highest BCUT2D eigenvalue weighted by Gasteiger charge is 2.31. The number of nitrogen functional groups attached to an aromatic ring is 1. The number of nitrogens with one attached hydrogen (secondary N) is 2. The van der Waals surface area contributed by atoms with E-state index in [1.165, 1.54) is 50.4 Å². The molecular formula is C19H24F3N5O. The van der Waals surface area contributed by atoms with E-state index in [0.717, 1.165) is 6.54 Å². The van der Waals surface area contributed by atoms with E-state index in [4.69, 9.17) is 5.73 Å². The number of para-hydroxylation sites is 1. The number of nitrogens with zero attached hydrogens (tertiary/aromatic N) is 2. The quantitative estimate of drug-likeness (QED) is 0.637. The smallest absolute Gasteiger partial charge is 0.405 e. The Labute approximate surface area is 161 Å². The first kappa shape index (κ1) is 20.0. The van der Waals surface area contributed by atoms with Gasteiger partial charge in [-0.05, 0) is 24.8 Å². The van der Waals surface area contributed by atoms with Gasteiger partial charge in [-0.15, -0.1) is 13.2 Å². The second-order valence-corrected chi connectivity index (χ2v) is 6.89. The lowest BCUT2D eigenvalue weighted by Crippen LogP contribution is -2.19. The molecule has 28 heavy (non-hydrogen) atoms. The number of aromatic nitrogens is 2. The van der Waals surface area contributed by atoms with Gasteiger partial charge in [0.25, 0.3) is 0 Å². The van der Waals surface area contributed by atoms with Crippen LogP contribution in [0.25, 0.3) is 0 Å². The van der Waals surface area contributed by atoms with Gasteiger partial charge in [-0.2, -0.15) is 4.98 Å². The molecule has 1 aromatic carbocycles. The Hall–Kier alpha value is -2.71. The molecule has 9 heteroatoms. The first-order valence-corrected chi connectivity index (χ1v) is 9.34. The fourth-order valence-electron chi connectivity index (χ4n) is 3.30. The summed E-state index contributed by atoms with van der Waals surface area (Å²) < 4.78 is 41.6. The number of benzene rings is 1. The molecule has 1 heterocycles. The summed E-state index contributed by atoms with van der Waals surface area (Å²) in [7, 11) is 0. The van der Waals surface area contributed by atoms with Crippen LogP contribution in [0.2, 0.25) is 0 Å². The first-order chi connectivity index (χ1) is 13.4. The summed E-state index contributed by atoms with van der Waals surface area (Å²) in [5.41, 5.74) is 6.72. The fraction of sp³-hybridized carbons (Fsp3) is 0.474. The van der Waals surface area contributed by atoms with Crippen LogP contribution >= 0.6 is 0 Å². The lowest BCUT2D eigenvalue weighted by molar-refractivity contribution is -0.274. The van der Waals surface area contributed by atoms with Crippen LogP contribution in [0.1, 0.15) is 37.7 Å². The molecule has 0 aliphatic heterocycles. The van der Waals surface area contributed by atoms with E-state index < -0.39 is 6.36 Å². The molecule has 1 aromatic heterocycles. The highest BCUT2D eigenvalue weighted by Crippen LogP contribution is 2.27. The average Bonchev–Trinajstić information content (AvgIpc) is 2.67. The molecule has 6 nitrogen and oxygen atoms in total. The van der Waals surface area contributed by atoms with Crippen molar-refractivity contribution in [2.24, 2.45) is 5.92 Å². The van der Waals surface area contributed by atoms with Gasteiger partial charge in [0, 0.05) is 18.7 Å². The zero-order valence-corrected chi connectivity index (χ0v) is 15.4. The summed E-state index contributed by atoms with van der Waals surface area (Å²) in [5.74, 6) is 1.16. The SMILES string of the molecule is Nc1cnc(NCc2ccccc2OC(F)(F)F)nc1NCC1CCCCC1. The van der Waals surface area contributed by atoms with Gasteiger partial charge in [-0.3, -0.25) is 0 Å². The maximum atomic E-state index is 12.5.